The zero-order valence-corrected chi connectivity index (χ0v) is 9.93. The van der Waals surface area contributed by atoms with E-state index in [-0.39, 0.29) is 0 Å². The summed E-state index contributed by atoms with van der Waals surface area (Å²) < 4.78 is 10.8. The van der Waals surface area contributed by atoms with Gasteiger partial charge in [-0.25, -0.2) is 0 Å². The van der Waals surface area contributed by atoms with Crippen LogP contribution in [0.2, 0.25) is 0 Å². The maximum atomic E-state index is 7.12. The Morgan fingerprint density at radius 2 is 2.06 bits per heavy atom. The monoisotopic (exact) mass is 236 g/mol. The lowest BCUT2D eigenvalue weighted by Crippen LogP contribution is -1.95. The highest BCUT2D eigenvalue weighted by Gasteiger charge is 1.98. The first-order chi connectivity index (χ1) is 8.31. The van der Waals surface area contributed by atoms with Crippen molar-refractivity contribution in [2.45, 2.75) is 19.8 Å². The van der Waals surface area contributed by atoms with Crippen LogP contribution in [0.5, 0.6) is 5.75 Å². The van der Waals surface area contributed by atoms with Crippen LogP contribution in [-0.4, -0.2) is 24.3 Å². The van der Waals surface area contributed by atoms with E-state index in [1.165, 1.54) is 0 Å². The Labute approximate surface area is 101 Å². The molecular weight excluding hydrogens is 219 g/mol. The van der Waals surface area contributed by atoms with Crippen molar-refractivity contribution in [3.63, 3.8) is 0 Å². The van der Waals surface area contributed by atoms with Gasteiger partial charge in [0.05, 0.1) is 12.9 Å². The Hall–Kier alpha value is -1.46. The van der Waals surface area contributed by atoms with Gasteiger partial charge in [0.15, 0.2) is 0 Å². The number of fused-ring (bicyclic) bond motifs is 1. The second-order valence-electron chi connectivity index (χ2n) is 3.46. The lowest BCUT2D eigenvalue weighted by molar-refractivity contribution is 0.309. The van der Waals surface area contributed by atoms with E-state index < -0.39 is 7.69 Å². The number of hydrogen-bond donors (Lipinski definition) is 2. The van der Waals surface area contributed by atoms with Crippen LogP contribution in [0.3, 0.4) is 0 Å². The van der Waals surface area contributed by atoms with Gasteiger partial charge in [0.2, 0.25) is 0 Å². The number of ether oxygens (including phenoxy) is 1. The van der Waals surface area contributed by atoms with Gasteiger partial charge in [0.25, 0.3) is 0 Å². The van der Waals surface area contributed by atoms with Gasteiger partial charge in [-0.2, -0.15) is 0 Å². The van der Waals surface area contributed by atoms with Crippen molar-refractivity contribution < 1.29 is 19.2 Å². The molecule has 1 aromatic heterocycles. The molecule has 0 atom stereocenters. The van der Waals surface area contributed by atoms with E-state index in [1.807, 2.05) is 24.3 Å². The van der Waals surface area contributed by atoms with Crippen LogP contribution in [0.15, 0.2) is 34.9 Å². The number of benzene rings is 1. The minimum absolute atomic E-state index is 0.750. The van der Waals surface area contributed by atoms with Gasteiger partial charge in [0.1, 0.15) is 11.3 Å². The summed E-state index contributed by atoms with van der Waals surface area (Å²) in [7, 11) is -0.750. The van der Waals surface area contributed by atoms with Gasteiger partial charge < -0.3 is 19.2 Å². The zero-order chi connectivity index (χ0) is 12.5. The highest BCUT2D eigenvalue weighted by Crippen LogP contribution is 2.21. The molecule has 0 aliphatic rings. The molecule has 0 aliphatic carbocycles. The number of hydrogen-bond acceptors (Lipinski definition) is 4. The fraction of sp³-hybridized carbons (Fsp3) is 0.333. The third kappa shape index (κ3) is 4.50. The molecule has 4 nitrogen and oxygen atoms in total. The molecule has 2 rings (SSSR count). The molecule has 0 fully saturated rings. The Bertz CT molecular complexity index is 427. The molecule has 0 unspecified atom stereocenters. The van der Waals surface area contributed by atoms with E-state index in [4.69, 9.17) is 19.2 Å². The number of rotatable bonds is 4. The quantitative estimate of drug-likeness (QED) is 0.628. The number of furan rings is 1. The molecule has 0 amide bonds. The largest absolute Gasteiger partial charge is 0.493 e. The van der Waals surface area contributed by atoms with E-state index in [0.717, 1.165) is 36.2 Å². The molecule has 0 saturated heterocycles. The minimum Gasteiger partial charge on any atom is -0.493 e. The van der Waals surface area contributed by atoms with Gasteiger partial charge in [0, 0.05) is 11.5 Å². The van der Waals surface area contributed by atoms with Crippen LogP contribution in [-0.2, 0) is 0 Å². The lowest BCUT2D eigenvalue weighted by Gasteiger charge is -2.04. The topological polar surface area (TPSA) is 62.8 Å². The molecule has 5 heteroatoms. The van der Waals surface area contributed by atoms with E-state index in [1.54, 1.807) is 6.26 Å². The van der Waals surface area contributed by atoms with Crippen LogP contribution in [0.25, 0.3) is 11.0 Å². The molecule has 0 aliphatic heterocycles. The first-order valence-electron chi connectivity index (χ1n) is 5.63. The normalized spacial score (nSPS) is 9.59. The van der Waals surface area contributed by atoms with E-state index in [0.29, 0.717) is 0 Å². The van der Waals surface area contributed by atoms with Crippen molar-refractivity contribution >= 4 is 18.7 Å². The summed E-state index contributed by atoms with van der Waals surface area (Å²) in [6, 6.07) is 7.88. The van der Waals surface area contributed by atoms with Gasteiger partial charge in [-0.3, -0.25) is 0 Å². The van der Waals surface area contributed by atoms with Crippen molar-refractivity contribution in [3.05, 3.63) is 30.5 Å². The second kappa shape index (κ2) is 7.76. The van der Waals surface area contributed by atoms with Crippen LogP contribution in [0, 0.1) is 0 Å². The predicted molar refractivity (Wildman–Crippen MR) is 68.2 cm³/mol. The zero-order valence-electron chi connectivity index (χ0n) is 9.93. The Morgan fingerprint density at radius 1 is 1.29 bits per heavy atom. The fourth-order valence-electron chi connectivity index (χ4n) is 1.36. The first-order valence-corrected chi connectivity index (χ1v) is 5.63. The minimum atomic E-state index is -0.750. The van der Waals surface area contributed by atoms with Gasteiger partial charge in [-0.05, 0) is 24.6 Å². The van der Waals surface area contributed by atoms with E-state index in [9.17, 15) is 0 Å². The average Bonchev–Trinajstić information content (AvgIpc) is 2.78. The summed E-state index contributed by atoms with van der Waals surface area (Å²) >= 11 is 0. The molecule has 0 radical (unpaired) electrons. The molecule has 92 valence electrons. The van der Waals surface area contributed by atoms with Crippen molar-refractivity contribution in [2.24, 2.45) is 0 Å². The van der Waals surface area contributed by atoms with Gasteiger partial charge >= 0.3 is 7.69 Å². The van der Waals surface area contributed by atoms with Crippen molar-refractivity contribution in [1.29, 1.82) is 0 Å². The molecule has 1 aromatic carbocycles. The SMILES string of the molecule is CCCCOc1ccc2ccoc2c1.OBO. The summed E-state index contributed by atoms with van der Waals surface area (Å²) in [5.41, 5.74) is 0.888. The second-order valence-corrected chi connectivity index (χ2v) is 3.46. The van der Waals surface area contributed by atoms with Crippen molar-refractivity contribution in [2.75, 3.05) is 6.61 Å². The third-order valence-electron chi connectivity index (χ3n) is 2.19. The highest BCUT2D eigenvalue weighted by molar-refractivity contribution is 6.13. The van der Waals surface area contributed by atoms with Gasteiger partial charge in [-0.15, -0.1) is 0 Å². The average molecular weight is 236 g/mol. The molecule has 0 spiro atoms. The lowest BCUT2D eigenvalue weighted by atomic mass is 10.2. The van der Waals surface area contributed by atoms with Crippen molar-refractivity contribution in [3.8, 4) is 5.75 Å². The molecule has 0 saturated carbocycles. The Kier molecular flexibility index (Phi) is 6.21. The van der Waals surface area contributed by atoms with Crippen molar-refractivity contribution in [1.82, 2.24) is 0 Å². The summed E-state index contributed by atoms with van der Waals surface area (Å²) in [5, 5.41) is 15.4. The molecular formula is C12H17BO4. The summed E-state index contributed by atoms with van der Waals surface area (Å²) in [6.07, 6.45) is 3.94. The fourth-order valence-corrected chi connectivity index (χ4v) is 1.36. The summed E-state index contributed by atoms with van der Waals surface area (Å²) in [5.74, 6) is 0.890. The Morgan fingerprint density at radius 3 is 2.76 bits per heavy atom. The maximum Gasteiger partial charge on any atom is 0.432 e. The Balaban J connectivity index is 0.000000437. The maximum absolute atomic E-state index is 7.12. The predicted octanol–water partition coefficient (Wildman–Crippen LogP) is 1.85. The summed E-state index contributed by atoms with van der Waals surface area (Å²) in [6.45, 7) is 2.93. The van der Waals surface area contributed by atoms with E-state index in [2.05, 4.69) is 6.92 Å². The van der Waals surface area contributed by atoms with Crippen LogP contribution < -0.4 is 4.74 Å². The highest BCUT2D eigenvalue weighted by atomic mass is 16.5. The first kappa shape index (κ1) is 13.6. The van der Waals surface area contributed by atoms with Crippen LogP contribution in [0.1, 0.15) is 19.8 Å². The molecule has 0 bridgehead atoms. The molecule has 2 aromatic rings. The van der Waals surface area contributed by atoms with Crippen LogP contribution >= 0.6 is 0 Å². The summed E-state index contributed by atoms with van der Waals surface area (Å²) in [4.78, 5) is 0. The molecule has 2 N–H and O–H groups in total. The number of unbranched alkanes of at least 4 members (excludes halogenated alkanes) is 1. The van der Waals surface area contributed by atoms with Gasteiger partial charge in [-0.1, -0.05) is 13.3 Å². The smallest absolute Gasteiger partial charge is 0.432 e. The molecule has 1 heterocycles. The molecule has 17 heavy (non-hydrogen) atoms. The van der Waals surface area contributed by atoms with E-state index >= 15 is 0 Å². The third-order valence-corrected chi connectivity index (χ3v) is 2.19. The van der Waals surface area contributed by atoms with Crippen LogP contribution in [0.4, 0.5) is 0 Å². The standard InChI is InChI=1S/C12H14O2.BH3O2/c1-2-3-7-13-11-5-4-10-6-8-14-12(10)9-11;2-1-3/h4-6,8-9H,2-3,7H2,1H3;1-3H.